The van der Waals surface area contributed by atoms with Crippen molar-refractivity contribution >= 4 is 23.6 Å². The first kappa shape index (κ1) is 19.2. The average Bonchev–Trinajstić information content (AvgIpc) is 2.80. The van der Waals surface area contributed by atoms with E-state index in [1.165, 1.54) is 18.2 Å². The molecule has 1 aromatic carbocycles. The zero-order chi connectivity index (χ0) is 18.4. The van der Waals surface area contributed by atoms with Crippen LogP contribution < -0.4 is 5.32 Å². The van der Waals surface area contributed by atoms with Crippen molar-refractivity contribution in [2.45, 2.75) is 33.7 Å². The predicted molar refractivity (Wildman–Crippen MR) is 99.0 cm³/mol. The molecule has 6 heteroatoms. The van der Waals surface area contributed by atoms with E-state index in [2.05, 4.69) is 24.3 Å². The summed E-state index contributed by atoms with van der Waals surface area (Å²) in [6, 6.07) is 6.25. The molecule has 4 nitrogen and oxygen atoms in total. The Morgan fingerprint density at radius 2 is 2.04 bits per heavy atom. The van der Waals surface area contributed by atoms with E-state index < -0.39 is 0 Å². The molecule has 1 heterocycles. The summed E-state index contributed by atoms with van der Waals surface area (Å²) in [4.78, 5) is 11.9. The van der Waals surface area contributed by atoms with Crippen LogP contribution in [0.4, 0.5) is 4.39 Å². The molecular weight excluding hydrogens is 341 g/mol. The minimum atomic E-state index is -0.263. The zero-order valence-electron chi connectivity index (χ0n) is 14.7. The molecule has 0 fully saturated rings. The number of amides is 1. The average molecular weight is 364 g/mol. The zero-order valence-corrected chi connectivity index (χ0v) is 15.5. The molecule has 0 spiro atoms. The van der Waals surface area contributed by atoms with Crippen LogP contribution >= 0.6 is 11.6 Å². The van der Waals surface area contributed by atoms with Gasteiger partial charge in [-0.2, -0.15) is 5.10 Å². The topological polar surface area (TPSA) is 46.9 Å². The van der Waals surface area contributed by atoms with Crippen LogP contribution in [0, 0.1) is 18.7 Å². The van der Waals surface area contributed by atoms with E-state index in [0.717, 1.165) is 23.4 Å². The highest BCUT2D eigenvalue weighted by Crippen LogP contribution is 2.22. The molecule has 2 aromatic rings. The molecule has 0 saturated heterocycles. The SMILES string of the molecule is Cc1nn(CC(C)C)c(Cl)c1/C=C/C(=O)NCCc1ccc(F)cc1. The van der Waals surface area contributed by atoms with Crippen molar-refractivity contribution in [3.8, 4) is 0 Å². The van der Waals surface area contributed by atoms with Gasteiger partial charge in [0.05, 0.1) is 5.69 Å². The third-order valence-electron chi connectivity index (χ3n) is 3.67. The van der Waals surface area contributed by atoms with E-state index in [9.17, 15) is 9.18 Å². The Hall–Kier alpha value is -2.14. The molecule has 25 heavy (non-hydrogen) atoms. The lowest BCUT2D eigenvalue weighted by molar-refractivity contribution is -0.116. The standard InChI is InChI=1S/C19H23ClFN3O/c1-13(2)12-24-19(20)17(14(3)23-24)8-9-18(25)22-11-10-15-4-6-16(21)7-5-15/h4-9,13H,10-12H2,1-3H3,(H,22,25)/b9-8+. The van der Waals surface area contributed by atoms with Gasteiger partial charge in [-0.25, -0.2) is 4.39 Å². The van der Waals surface area contributed by atoms with Gasteiger partial charge >= 0.3 is 0 Å². The maximum atomic E-state index is 12.8. The molecule has 0 saturated carbocycles. The van der Waals surface area contributed by atoms with Crippen LogP contribution in [-0.2, 0) is 17.8 Å². The number of halogens is 2. The van der Waals surface area contributed by atoms with Crippen molar-refractivity contribution in [2.24, 2.45) is 5.92 Å². The summed E-state index contributed by atoms with van der Waals surface area (Å²) in [7, 11) is 0. The molecule has 0 radical (unpaired) electrons. The number of benzene rings is 1. The fraction of sp³-hybridized carbons (Fsp3) is 0.368. The van der Waals surface area contributed by atoms with Crippen molar-refractivity contribution in [3.63, 3.8) is 0 Å². The Kier molecular flexibility index (Phi) is 6.76. The van der Waals surface area contributed by atoms with E-state index in [0.29, 0.717) is 24.0 Å². The fourth-order valence-corrected chi connectivity index (χ4v) is 2.73. The number of hydrogen-bond donors (Lipinski definition) is 1. The van der Waals surface area contributed by atoms with E-state index in [1.807, 2.05) is 6.92 Å². The molecular formula is C19H23ClFN3O. The van der Waals surface area contributed by atoms with Gasteiger partial charge in [-0.15, -0.1) is 0 Å². The maximum absolute atomic E-state index is 12.8. The highest BCUT2D eigenvalue weighted by molar-refractivity contribution is 6.31. The second kappa shape index (κ2) is 8.81. The third-order valence-corrected chi connectivity index (χ3v) is 4.07. The van der Waals surface area contributed by atoms with Crippen molar-refractivity contribution in [3.05, 3.63) is 58.1 Å². The Bertz CT molecular complexity index is 751. The lowest BCUT2D eigenvalue weighted by Crippen LogP contribution is -2.23. The molecule has 1 amide bonds. The van der Waals surface area contributed by atoms with Gasteiger partial charge in [-0.1, -0.05) is 37.6 Å². The molecule has 2 rings (SSSR count). The summed E-state index contributed by atoms with van der Waals surface area (Å²) in [5, 5.41) is 7.76. The number of nitrogens with one attached hydrogen (secondary N) is 1. The van der Waals surface area contributed by atoms with Crippen molar-refractivity contribution in [1.29, 1.82) is 0 Å². The van der Waals surface area contributed by atoms with Gasteiger partial charge in [0.25, 0.3) is 0 Å². The minimum Gasteiger partial charge on any atom is -0.352 e. The van der Waals surface area contributed by atoms with Gasteiger partial charge < -0.3 is 5.32 Å². The van der Waals surface area contributed by atoms with Crippen LogP contribution in [0.1, 0.15) is 30.7 Å². The quantitative estimate of drug-likeness (QED) is 0.755. The molecule has 1 aromatic heterocycles. The first-order valence-electron chi connectivity index (χ1n) is 8.30. The number of aromatic nitrogens is 2. The first-order chi connectivity index (χ1) is 11.9. The second-order valence-electron chi connectivity index (χ2n) is 6.37. The maximum Gasteiger partial charge on any atom is 0.244 e. The predicted octanol–water partition coefficient (Wildman–Crippen LogP) is 4.01. The molecule has 0 bridgehead atoms. The van der Waals surface area contributed by atoms with Crippen molar-refractivity contribution in [1.82, 2.24) is 15.1 Å². The van der Waals surface area contributed by atoms with Crippen LogP contribution in [0.2, 0.25) is 5.15 Å². The lowest BCUT2D eigenvalue weighted by Gasteiger charge is -2.05. The summed E-state index contributed by atoms with van der Waals surface area (Å²) in [6.07, 6.45) is 3.79. The molecule has 0 atom stereocenters. The van der Waals surface area contributed by atoms with Crippen LogP contribution in [0.5, 0.6) is 0 Å². The third kappa shape index (κ3) is 5.71. The molecule has 0 aliphatic rings. The van der Waals surface area contributed by atoms with E-state index >= 15 is 0 Å². The second-order valence-corrected chi connectivity index (χ2v) is 6.72. The number of carbonyl (C=O) groups excluding carboxylic acids is 1. The Labute approximate surface area is 152 Å². The van der Waals surface area contributed by atoms with E-state index in [-0.39, 0.29) is 11.7 Å². The monoisotopic (exact) mass is 363 g/mol. The largest absolute Gasteiger partial charge is 0.352 e. The van der Waals surface area contributed by atoms with Gasteiger partial charge in [0.1, 0.15) is 11.0 Å². The number of nitrogens with zero attached hydrogens (tertiary/aromatic N) is 2. The fourth-order valence-electron chi connectivity index (χ4n) is 2.42. The normalized spacial score (nSPS) is 11.4. The van der Waals surface area contributed by atoms with Crippen LogP contribution in [0.25, 0.3) is 6.08 Å². The molecule has 1 N–H and O–H groups in total. The summed E-state index contributed by atoms with van der Waals surface area (Å²) in [6.45, 7) is 7.27. The van der Waals surface area contributed by atoms with Crippen molar-refractivity contribution in [2.75, 3.05) is 6.54 Å². The molecule has 0 aliphatic carbocycles. The van der Waals surface area contributed by atoms with Crippen LogP contribution in [0.15, 0.2) is 30.3 Å². The summed E-state index contributed by atoms with van der Waals surface area (Å²) in [5.41, 5.74) is 2.52. The number of aryl methyl sites for hydroxylation is 1. The highest BCUT2D eigenvalue weighted by Gasteiger charge is 2.12. The molecule has 134 valence electrons. The molecule has 0 aliphatic heterocycles. The smallest absolute Gasteiger partial charge is 0.244 e. The van der Waals surface area contributed by atoms with Gasteiger partial charge in [0, 0.05) is 24.7 Å². The summed E-state index contributed by atoms with van der Waals surface area (Å²) in [5.74, 6) is -0.0291. The highest BCUT2D eigenvalue weighted by atomic mass is 35.5. The Morgan fingerprint density at radius 3 is 2.68 bits per heavy atom. The summed E-state index contributed by atoms with van der Waals surface area (Å²) >= 11 is 6.34. The Morgan fingerprint density at radius 1 is 1.36 bits per heavy atom. The lowest BCUT2D eigenvalue weighted by atomic mass is 10.1. The summed E-state index contributed by atoms with van der Waals surface area (Å²) < 4.78 is 14.6. The minimum absolute atomic E-state index is 0.200. The van der Waals surface area contributed by atoms with Crippen LogP contribution in [-0.4, -0.2) is 22.2 Å². The van der Waals surface area contributed by atoms with Gasteiger partial charge in [-0.05, 0) is 43.0 Å². The first-order valence-corrected chi connectivity index (χ1v) is 8.68. The number of rotatable bonds is 7. The van der Waals surface area contributed by atoms with Crippen LogP contribution in [0.3, 0.4) is 0 Å². The van der Waals surface area contributed by atoms with Gasteiger partial charge in [0.2, 0.25) is 5.91 Å². The van der Waals surface area contributed by atoms with Gasteiger partial charge in [0.15, 0.2) is 0 Å². The number of carbonyl (C=O) groups is 1. The Balaban J connectivity index is 1.89. The van der Waals surface area contributed by atoms with E-state index in [1.54, 1.807) is 22.9 Å². The van der Waals surface area contributed by atoms with E-state index in [4.69, 9.17) is 11.6 Å². The van der Waals surface area contributed by atoms with Crippen molar-refractivity contribution < 1.29 is 9.18 Å². The number of hydrogen-bond acceptors (Lipinski definition) is 2. The van der Waals surface area contributed by atoms with Gasteiger partial charge in [-0.3, -0.25) is 9.48 Å². The molecule has 0 unspecified atom stereocenters.